The monoisotopic (exact) mass is 472 g/mol. The maximum absolute atomic E-state index is 14.0. The summed E-state index contributed by atoms with van der Waals surface area (Å²) in [6.07, 6.45) is 4.42. The molecule has 0 bridgehead atoms. The highest BCUT2D eigenvalue weighted by molar-refractivity contribution is 5.91. The standard InChI is InChI=1S/C26H25FN6O2/c1-15-21(16-13-28-32(2)14-16)31-33(18-6-4-3-5-7-18)24(15)30-25(35)29-22-19-12-17(27)8-9-20(19)26(10-11-26)23(22)34/h3-9,12-14,22-23,34H,10-11H2,1-2H3,(H2,29,30,35)/t22-,23+/m1/s1. The van der Waals surface area contributed by atoms with Crippen molar-refractivity contribution in [3.8, 4) is 16.9 Å². The summed E-state index contributed by atoms with van der Waals surface area (Å²) in [5.41, 5.74) is 4.24. The van der Waals surface area contributed by atoms with Crippen LogP contribution >= 0.6 is 0 Å². The van der Waals surface area contributed by atoms with Gasteiger partial charge in [0, 0.05) is 29.8 Å². The molecule has 2 aliphatic carbocycles. The molecule has 2 aromatic carbocycles. The minimum atomic E-state index is -0.809. The molecule has 0 saturated heterocycles. The molecule has 0 unspecified atom stereocenters. The number of para-hydroxylation sites is 1. The molecule has 2 amide bonds. The van der Waals surface area contributed by atoms with Crippen LogP contribution in [0.3, 0.4) is 0 Å². The van der Waals surface area contributed by atoms with E-state index in [2.05, 4.69) is 15.7 Å². The van der Waals surface area contributed by atoms with E-state index in [0.717, 1.165) is 35.2 Å². The van der Waals surface area contributed by atoms with Gasteiger partial charge in [0.1, 0.15) is 17.3 Å². The first-order chi connectivity index (χ1) is 16.9. The van der Waals surface area contributed by atoms with Crippen molar-refractivity contribution in [3.05, 3.63) is 83.4 Å². The number of aromatic nitrogens is 4. The van der Waals surface area contributed by atoms with E-state index in [1.54, 1.807) is 21.6 Å². The molecule has 2 atom stereocenters. The third-order valence-corrected chi connectivity index (χ3v) is 7.18. The van der Waals surface area contributed by atoms with Crippen molar-refractivity contribution < 1.29 is 14.3 Å². The highest BCUT2D eigenvalue weighted by Gasteiger charge is 2.59. The van der Waals surface area contributed by atoms with E-state index in [4.69, 9.17) is 5.10 Å². The van der Waals surface area contributed by atoms with Crippen LogP contribution in [0.5, 0.6) is 0 Å². The lowest BCUT2D eigenvalue weighted by Gasteiger charge is -2.21. The van der Waals surface area contributed by atoms with Gasteiger partial charge in [0.2, 0.25) is 0 Å². The van der Waals surface area contributed by atoms with Crippen molar-refractivity contribution in [2.24, 2.45) is 7.05 Å². The summed E-state index contributed by atoms with van der Waals surface area (Å²) in [7, 11) is 1.83. The number of nitrogens with zero attached hydrogens (tertiary/aromatic N) is 4. The summed E-state index contributed by atoms with van der Waals surface area (Å²) < 4.78 is 17.4. The molecule has 1 spiro atoms. The van der Waals surface area contributed by atoms with Gasteiger partial charge < -0.3 is 10.4 Å². The number of aryl methyl sites for hydroxylation is 1. The van der Waals surface area contributed by atoms with Crippen molar-refractivity contribution in [1.29, 1.82) is 0 Å². The topological polar surface area (TPSA) is 97.0 Å². The Hall–Kier alpha value is -3.98. The second-order valence-corrected chi connectivity index (χ2v) is 9.38. The van der Waals surface area contributed by atoms with Crippen LogP contribution in [-0.2, 0) is 12.5 Å². The maximum Gasteiger partial charge on any atom is 0.320 e. The first kappa shape index (κ1) is 21.5. The third kappa shape index (κ3) is 3.42. The summed E-state index contributed by atoms with van der Waals surface area (Å²) in [5.74, 6) is 0.112. The molecule has 6 rings (SSSR count). The minimum Gasteiger partial charge on any atom is -0.390 e. The van der Waals surface area contributed by atoms with Crippen LogP contribution in [0.25, 0.3) is 16.9 Å². The Morgan fingerprint density at radius 2 is 1.97 bits per heavy atom. The number of hydrogen-bond donors (Lipinski definition) is 3. The van der Waals surface area contributed by atoms with Gasteiger partial charge in [-0.1, -0.05) is 24.3 Å². The zero-order chi connectivity index (χ0) is 24.3. The maximum atomic E-state index is 14.0. The van der Waals surface area contributed by atoms with Gasteiger partial charge in [0.15, 0.2) is 0 Å². The van der Waals surface area contributed by atoms with Gasteiger partial charge in [-0.2, -0.15) is 10.2 Å². The summed E-state index contributed by atoms with van der Waals surface area (Å²) in [4.78, 5) is 13.2. The van der Waals surface area contributed by atoms with Gasteiger partial charge in [0.25, 0.3) is 0 Å². The molecule has 9 heteroatoms. The van der Waals surface area contributed by atoms with Crippen LogP contribution in [0.2, 0.25) is 0 Å². The predicted octanol–water partition coefficient (Wildman–Crippen LogP) is 3.99. The first-order valence-electron chi connectivity index (χ1n) is 11.6. The fourth-order valence-corrected chi connectivity index (χ4v) is 5.25. The lowest BCUT2D eigenvalue weighted by atomic mass is 9.96. The van der Waals surface area contributed by atoms with Crippen molar-refractivity contribution in [2.45, 2.75) is 37.3 Å². The number of rotatable bonds is 4. The predicted molar refractivity (Wildman–Crippen MR) is 129 cm³/mol. The van der Waals surface area contributed by atoms with Gasteiger partial charge in [-0.15, -0.1) is 0 Å². The van der Waals surface area contributed by atoms with Crippen LogP contribution in [-0.4, -0.2) is 36.8 Å². The molecule has 8 nitrogen and oxygen atoms in total. The van der Waals surface area contributed by atoms with E-state index in [1.165, 1.54) is 12.1 Å². The molecule has 178 valence electrons. The Kier molecular flexibility index (Phi) is 4.79. The number of hydrogen-bond acceptors (Lipinski definition) is 4. The Morgan fingerprint density at radius 3 is 2.66 bits per heavy atom. The van der Waals surface area contributed by atoms with E-state index in [1.807, 2.05) is 50.5 Å². The zero-order valence-electron chi connectivity index (χ0n) is 19.4. The molecule has 2 aromatic heterocycles. The second-order valence-electron chi connectivity index (χ2n) is 9.38. The SMILES string of the molecule is Cc1c(-c2cnn(C)c2)nn(-c2ccccc2)c1NC(=O)N[C@@H]1c2cc(F)ccc2C2(CC2)[C@H]1O. The van der Waals surface area contributed by atoms with Gasteiger partial charge >= 0.3 is 6.03 Å². The fraction of sp³-hybridized carbons (Fsp3) is 0.269. The van der Waals surface area contributed by atoms with E-state index < -0.39 is 23.6 Å². The average molecular weight is 473 g/mol. The van der Waals surface area contributed by atoms with E-state index in [0.29, 0.717) is 17.1 Å². The number of benzene rings is 2. The molecular weight excluding hydrogens is 447 g/mol. The smallest absolute Gasteiger partial charge is 0.320 e. The Morgan fingerprint density at radius 1 is 1.20 bits per heavy atom. The molecule has 2 heterocycles. The highest BCUT2D eigenvalue weighted by Crippen LogP contribution is 2.60. The van der Waals surface area contributed by atoms with Crippen LogP contribution in [0.1, 0.15) is 35.6 Å². The number of urea groups is 1. The quantitative estimate of drug-likeness (QED) is 0.418. The largest absolute Gasteiger partial charge is 0.390 e. The summed E-state index contributed by atoms with van der Waals surface area (Å²) >= 11 is 0. The highest BCUT2D eigenvalue weighted by atomic mass is 19.1. The molecule has 0 radical (unpaired) electrons. The average Bonchev–Trinajstić information content (AvgIpc) is 3.38. The van der Waals surface area contributed by atoms with Crippen LogP contribution in [0.4, 0.5) is 15.0 Å². The number of anilines is 1. The van der Waals surface area contributed by atoms with Gasteiger partial charge in [-0.3, -0.25) is 10.00 Å². The number of amides is 2. The third-order valence-electron chi connectivity index (χ3n) is 7.18. The molecule has 3 N–H and O–H groups in total. The molecule has 1 saturated carbocycles. The molecule has 35 heavy (non-hydrogen) atoms. The van der Waals surface area contributed by atoms with Crippen molar-refractivity contribution >= 4 is 11.8 Å². The van der Waals surface area contributed by atoms with Crippen molar-refractivity contribution in [1.82, 2.24) is 24.9 Å². The molecule has 1 fully saturated rings. The number of halogens is 1. The van der Waals surface area contributed by atoms with Crippen LogP contribution in [0, 0.1) is 12.7 Å². The number of carbonyl (C=O) groups is 1. The van der Waals surface area contributed by atoms with Gasteiger partial charge in [0.05, 0.1) is 24.0 Å². The molecule has 4 aromatic rings. The lowest BCUT2D eigenvalue weighted by molar-refractivity contribution is 0.109. The van der Waals surface area contributed by atoms with Crippen LogP contribution in [0.15, 0.2) is 60.9 Å². The first-order valence-corrected chi connectivity index (χ1v) is 11.6. The van der Waals surface area contributed by atoms with E-state index in [-0.39, 0.29) is 5.82 Å². The minimum absolute atomic E-state index is 0.389. The normalized spacial score (nSPS) is 19.5. The van der Waals surface area contributed by atoms with E-state index >= 15 is 0 Å². The second kappa shape index (κ2) is 7.78. The number of aliphatic hydroxyl groups is 1. The Labute approximate surface area is 201 Å². The molecular formula is C26H25FN6O2. The Bertz CT molecular complexity index is 1440. The molecule has 2 aliphatic rings. The fourth-order valence-electron chi connectivity index (χ4n) is 5.25. The number of aliphatic hydroxyl groups excluding tert-OH is 1. The summed E-state index contributed by atoms with van der Waals surface area (Å²) in [5, 5.41) is 25.9. The number of fused-ring (bicyclic) bond motifs is 2. The summed E-state index contributed by atoms with van der Waals surface area (Å²) in [6.45, 7) is 1.89. The zero-order valence-corrected chi connectivity index (χ0v) is 19.4. The van der Waals surface area contributed by atoms with Crippen molar-refractivity contribution in [3.63, 3.8) is 0 Å². The Balaban J connectivity index is 1.34. The lowest BCUT2D eigenvalue weighted by Crippen LogP contribution is -2.39. The van der Waals surface area contributed by atoms with Gasteiger partial charge in [-0.05, 0) is 55.2 Å². The van der Waals surface area contributed by atoms with Crippen molar-refractivity contribution in [2.75, 3.05) is 5.32 Å². The summed E-state index contributed by atoms with van der Waals surface area (Å²) in [6, 6.07) is 12.9. The number of carbonyl (C=O) groups excluding carboxylic acids is 1. The van der Waals surface area contributed by atoms with Gasteiger partial charge in [-0.25, -0.2) is 13.9 Å². The number of nitrogens with one attached hydrogen (secondary N) is 2. The van der Waals surface area contributed by atoms with E-state index in [9.17, 15) is 14.3 Å². The molecule has 0 aliphatic heterocycles. The van der Waals surface area contributed by atoms with Crippen LogP contribution < -0.4 is 10.6 Å².